The van der Waals surface area contributed by atoms with Crippen molar-refractivity contribution in [1.82, 2.24) is 0 Å². The normalized spacial score (nSPS) is 31.2. The van der Waals surface area contributed by atoms with Crippen molar-refractivity contribution in [3.05, 3.63) is 0 Å². The molecule has 1 rings (SSSR count). The Labute approximate surface area is 110 Å². The van der Waals surface area contributed by atoms with Gasteiger partial charge in [0.05, 0.1) is 0 Å². The molecule has 1 aliphatic carbocycles. The van der Waals surface area contributed by atoms with Crippen molar-refractivity contribution in [2.24, 2.45) is 23.2 Å². The highest BCUT2D eigenvalue weighted by Gasteiger charge is 2.47. The standard InChI is InChI=1S/C17H34/c1-6-14(3)15(4)11-9-8-10-12-17(5)13-16(17)7-2/h14-16H,6-13H2,1-5H3. The second-order valence-corrected chi connectivity index (χ2v) is 6.93. The van der Waals surface area contributed by atoms with Crippen molar-refractivity contribution in [3.8, 4) is 0 Å². The van der Waals surface area contributed by atoms with Crippen LogP contribution in [0.15, 0.2) is 0 Å². The number of hydrogen-bond acceptors (Lipinski definition) is 0. The van der Waals surface area contributed by atoms with Crippen LogP contribution in [-0.2, 0) is 0 Å². The maximum absolute atomic E-state index is 2.50. The molecule has 0 aromatic rings. The highest BCUT2D eigenvalue weighted by atomic mass is 14.5. The SMILES string of the molecule is CCC(C)C(C)CCCCCC1(C)CC1CC. The summed E-state index contributed by atoms with van der Waals surface area (Å²) in [5, 5.41) is 0. The van der Waals surface area contributed by atoms with Crippen molar-refractivity contribution >= 4 is 0 Å². The van der Waals surface area contributed by atoms with E-state index in [-0.39, 0.29) is 0 Å². The minimum Gasteiger partial charge on any atom is -0.0651 e. The number of hydrogen-bond donors (Lipinski definition) is 0. The summed E-state index contributed by atoms with van der Waals surface area (Å²) in [5.41, 5.74) is 0.747. The van der Waals surface area contributed by atoms with Gasteiger partial charge < -0.3 is 0 Å². The smallest absolute Gasteiger partial charge is 0.0295 e. The second-order valence-electron chi connectivity index (χ2n) is 6.93. The Balaban J connectivity index is 1.98. The summed E-state index contributed by atoms with van der Waals surface area (Å²) < 4.78 is 0. The molecular weight excluding hydrogens is 204 g/mol. The molecule has 0 spiro atoms. The lowest BCUT2D eigenvalue weighted by Crippen LogP contribution is -2.06. The zero-order valence-corrected chi connectivity index (χ0v) is 12.9. The fourth-order valence-corrected chi connectivity index (χ4v) is 3.31. The molecule has 1 fully saturated rings. The lowest BCUT2D eigenvalue weighted by atomic mass is 9.88. The predicted molar refractivity (Wildman–Crippen MR) is 78.2 cm³/mol. The lowest BCUT2D eigenvalue weighted by Gasteiger charge is -2.18. The lowest BCUT2D eigenvalue weighted by molar-refractivity contribution is 0.337. The Bertz CT molecular complexity index is 208. The van der Waals surface area contributed by atoms with Crippen LogP contribution in [0.4, 0.5) is 0 Å². The van der Waals surface area contributed by atoms with Gasteiger partial charge in [-0.15, -0.1) is 0 Å². The third kappa shape index (κ3) is 4.64. The predicted octanol–water partition coefficient (Wildman–Crippen LogP) is 6.06. The molecular formula is C17H34. The van der Waals surface area contributed by atoms with Gasteiger partial charge in [0.25, 0.3) is 0 Å². The molecule has 0 amide bonds. The fourth-order valence-electron chi connectivity index (χ4n) is 3.31. The van der Waals surface area contributed by atoms with Crippen molar-refractivity contribution in [1.29, 1.82) is 0 Å². The fraction of sp³-hybridized carbons (Fsp3) is 1.00. The Morgan fingerprint density at radius 3 is 2.29 bits per heavy atom. The molecule has 0 aromatic carbocycles. The minimum atomic E-state index is 0.747. The molecule has 0 aromatic heterocycles. The molecule has 0 bridgehead atoms. The van der Waals surface area contributed by atoms with Crippen LogP contribution in [-0.4, -0.2) is 0 Å². The van der Waals surface area contributed by atoms with Crippen LogP contribution in [0.2, 0.25) is 0 Å². The molecule has 0 nitrogen and oxygen atoms in total. The molecule has 4 atom stereocenters. The van der Waals surface area contributed by atoms with Gasteiger partial charge in [-0.05, 0) is 36.0 Å². The van der Waals surface area contributed by atoms with Crippen LogP contribution in [0.25, 0.3) is 0 Å². The first kappa shape index (κ1) is 15.1. The summed E-state index contributed by atoms with van der Waals surface area (Å²) in [7, 11) is 0. The van der Waals surface area contributed by atoms with Crippen LogP contribution in [0.3, 0.4) is 0 Å². The maximum Gasteiger partial charge on any atom is -0.0295 e. The quantitative estimate of drug-likeness (QED) is 0.429. The first-order valence-corrected chi connectivity index (χ1v) is 8.03. The summed E-state index contributed by atoms with van der Waals surface area (Å²) in [6.07, 6.45) is 11.6. The van der Waals surface area contributed by atoms with Crippen LogP contribution in [0.1, 0.15) is 86.0 Å². The summed E-state index contributed by atoms with van der Waals surface area (Å²) >= 11 is 0. The van der Waals surface area contributed by atoms with Gasteiger partial charge in [-0.2, -0.15) is 0 Å². The molecule has 0 heteroatoms. The molecule has 0 heterocycles. The Kier molecular flexibility index (Phi) is 6.03. The zero-order chi connectivity index (χ0) is 12.9. The number of unbranched alkanes of at least 4 members (excludes halogenated alkanes) is 2. The van der Waals surface area contributed by atoms with Gasteiger partial charge >= 0.3 is 0 Å². The van der Waals surface area contributed by atoms with E-state index in [0.717, 1.165) is 23.2 Å². The summed E-state index contributed by atoms with van der Waals surface area (Å²) in [6.45, 7) is 12.0. The minimum absolute atomic E-state index is 0.747. The summed E-state index contributed by atoms with van der Waals surface area (Å²) in [6, 6.07) is 0. The molecule has 17 heavy (non-hydrogen) atoms. The molecule has 0 aliphatic heterocycles. The van der Waals surface area contributed by atoms with E-state index in [1.165, 1.54) is 51.4 Å². The van der Waals surface area contributed by atoms with Crippen LogP contribution < -0.4 is 0 Å². The van der Waals surface area contributed by atoms with Gasteiger partial charge in [0, 0.05) is 0 Å². The van der Waals surface area contributed by atoms with Gasteiger partial charge in [0.1, 0.15) is 0 Å². The maximum atomic E-state index is 2.50. The van der Waals surface area contributed by atoms with E-state index < -0.39 is 0 Å². The molecule has 0 saturated heterocycles. The summed E-state index contributed by atoms with van der Waals surface area (Å²) in [4.78, 5) is 0. The Morgan fingerprint density at radius 2 is 1.76 bits per heavy atom. The average Bonchev–Trinajstić information content (AvgIpc) is 2.98. The monoisotopic (exact) mass is 238 g/mol. The third-order valence-corrected chi connectivity index (χ3v) is 5.55. The highest BCUT2D eigenvalue weighted by Crippen LogP contribution is 2.57. The average molecular weight is 238 g/mol. The van der Waals surface area contributed by atoms with Gasteiger partial charge in [0.15, 0.2) is 0 Å². The van der Waals surface area contributed by atoms with Crippen LogP contribution in [0.5, 0.6) is 0 Å². The van der Waals surface area contributed by atoms with Gasteiger partial charge in [-0.25, -0.2) is 0 Å². The zero-order valence-electron chi connectivity index (χ0n) is 12.9. The van der Waals surface area contributed by atoms with Crippen LogP contribution >= 0.6 is 0 Å². The van der Waals surface area contributed by atoms with Gasteiger partial charge in [0.2, 0.25) is 0 Å². The molecule has 1 aliphatic rings. The molecule has 0 radical (unpaired) electrons. The first-order valence-electron chi connectivity index (χ1n) is 8.03. The van der Waals surface area contributed by atoms with Crippen molar-refractivity contribution in [2.75, 3.05) is 0 Å². The largest absolute Gasteiger partial charge is 0.0651 e. The van der Waals surface area contributed by atoms with E-state index in [1.54, 1.807) is 0 Å². The van der Waals surface area contributed by atoms with E-state index in [0.29, 0.717) is 0 Å². The van der Waals surface area contributed by atoms with Crippen LogP contribution in [0, 0.1) is 23.2 Å². The second kappa shape index (κ2) is 6.81. The number of rotatable bonds is 9. The molecule has 1 saturated carbocycles. The van der Waals surface area contributed by atoms with Crippen molar-refractivity contribution in [2.45, 2.75) is 86.0 Å². The topological polar surface area (TPSA) is 0 Å². The van der Waals surface area contributed by atoms with E-state index in [2.05, 4.69) is 34.6 Å². The molecule has 102 valence electrons. The van der Waals surface area contributed by atoms with E-state index in [1.807, 2.05) is 0 Å². The van der Waals surface area contributed by atoms with Gasteiger partial charge in [-0.3, -0.25) is 0 Å². The Hall–Kier alpha value is 0. The highest BCUT2D eigenvalue weighted by molar-refractivity contribution is 4.97. The molecule has 4 unspecified atom stereocenters. The first-order chi connectivity index (χ1) is 8.03. The van der Waals surface area contributed by atoms with E-state index >= 15 is 0 Å². The van der Waals surface area contributed by atoms with Crippen molar-refractivity contribution in [3.63, 3.8) is 0 Å². The van der Waals surface area contributed by atoms with Crippen molar-refractivity contribution < 1.29 is 0 Å². The van der Waals surface area contributed by atoms with Gasteiger partial charge in [-0.1, -0.05) is 73.1 Å². The molecule has 0 N–H and O–H groups in total. The van der Waals surface area contributed by atoms with E-state index in [4.69, 9.17) is 0 Å². The van der Waals surface area contributed by atoms with E-state index in [9.17, 15) is 0 Å². The Morgan fingerprint density at radius 1 is 1.06 bits per heavy atom. The third-order valence-electron chi connectivity index (χ3n) is 5.55. The summed E-state index contributed by atoms with van der Waals surface area (Å²) in [5.74, 6) is 2.90.